The summed E-state index contributed by atoms with van der Waals surface area (Å²) in [4.78, 5) is 25.6. The van der Waals surface area contributed by atoms with Crippen molar-refractivity contribution in [2.24, 2.45) is 5.92 Å². The van der Waals surface area contributed by atoms with E-state index in [-0.39, 0.29) is 36.0 Å². The minimum Gasteiger partial charge on any atom is -0.342 e. The third-order valence-corrected chi connectivity index (χ3v) is 3.66. The summed E-state index contributed by atoms with van der Waals surface area (Å²) in [6.07, 6.45) is 1.31. The van der Waals surface area contributed by atoms with Crippen molar-refractivity contribution in [1.82, 2.24) is 10.2 Å². The number of piperidine rings is 1. The van der Waals surface area contributed by atoms with Gasteiger partial charge in [0.05, 0.1) is 6.54 Å². The predicted octanol–water partition coefficient (Wildman–Crippen LogP) is 1.64. The van der Waals surface area contributed by atoms with E-state index in [2.05, 4.69) is 10.6 Å². The molecular formula is C15H21ClFN3O2. The number of nitrogens with zero attached hydrogens (tertiary/aromatic N) is 1. The van der Waals surface area contributed by atoms with Gasteiger partial charge in [-0.2, -0.15) is 0 Å². The zero-order valence-electron chi connectivity index (χ0n) is 12.5. The largest absolute Gasteiger partial charge is 0.342 e. The van der Waals surface area contributed by atoms with Crippen molar-refractivity contribution in [2.75, 3.05) is 32.0 Å². The molecule has 1 aliphatic rings. The molecule has 0 aliphatic carbocycles. The zero-order valence-corrected chi connectivity index (χ0v) is 13.3. The van der Waals surface area contributed by atoms with Crippen molar-refractivity contribution >= 4 is 29.9 Å². The van der Waals surface area contributed by atoms with Crippen LogP contribution in [-0.2, 0) is 9.59 Å². The number of halogens is 2. The first-order chi connectivity index (χ1) is 10.1. The molecule has 1 aromatic carbocycles. The number of rotatable bonds is 4. The smallest absolute Gasteiger partial charge is 0.236 e. The second-order valence-electron chi connectivity index (χ2n) is 5.18. The number of carbonyl (C=O) groups is 2. The zero-order chi connectivity index (χ0) is 15.2. The maximum absolute atomic E-state index is 12.8. The maximum Gasteiger partial charge on any atom is 0.236 e. The van der Waals surface area contributed by atoms with Crippen LogP contribution in [0.2, 0.25) is 0 Å². The van der Waals surface area contributed by atoms with E-state index in [4.69, 9.17) is 0 Å². The molecule has 1 aromatic rings. The summed E-state index contributed by atoms with van der Waals surface area (Å²) in [5.41, 5.74) is 0.593. The summed E-state index contributed by atoms with van der Waals surface area (Å²) in [6, 6.07) is 5.71. The van der Waals surface area contributed by atoms with Gasteiger partial charge < -0.3 is 15.5 Å². The van der Waals surface area contributed by atoms with Gasteiger partial charge in [0.15, 0.2) is 0 Å². The molecule has 1 saturated heterocycles. The van der Waals surface area contributed by atoms with Gasteiger partial charge in [-0.1, -0.05) is 0 Å². The van der Waals surface area contributed by atoms with Crippen LogP contribution in [0.25, 0.3) is 0 Å². The number of hydrogen-bond donors (Lipinski definition) is 2. The number of likely N-dealkylation sites (N-methyl/N-ethyl adjacent to an activating group) is 1. The first-order valence-corrected chi connectivity index (χ1v) is 7.09. The summed E-state index contributed by atoms with van der Waals surface area (Å²) in [6.45, 7) is 1.52. The molecule has 22 heavy (non-hydrogen) atoms. The number of likely N-dealkylation sites (tertiary alicyclic amines) is 1. The van der Waals surface area contributed by atoms with E-state index in [0.717, 1.165) is 0 Å². The van der Waals surface area contributed by atoms with Gasteiger partial charge >= 0.3 is 0 Å². The Hall–Kier alpha value is -1.66. The second-order valence-corrected chi connectivity index (χ2v) is 5.18. The van der Waals surface area contributed by atoms with Gasteiger partial charge in [-0.05, 0) is 44.2 Å². The summed E-state index contributed by atoms with van der Waals surface area (Å²) < 4.78 is 12.8. The number of benzene rings is 1. The summed E-state index contributed by atoms with van der Waals surface area (Å²) in [5, 5.41) is 5.62. The molecule has 0 aromatic heterocycles. The highest BCUT2D eigenvalue weighted by atomic mass is 35.5. The van der Waals surface area contributed by atoms with Gasteiger partial charge in [0.25, 0.3) is 0 Å². The third kappa shape index (κ3) is 4.96. The Morgan fingerprint density at radius 2 is 1.82 bits per heavy atom. The molecule has 0 unspecified atom stereocenters. The number of nitrogens with one attached hydrogen (secondary N) is 2. The highest BCUT2D eigenvalue weighted by molar-refractivity contribution is 5.92. The highest BCUT2D eigenvalue weighted by Gasteiger charge is 2.26. The fraction of sp³-hybridized carbons (Fsp3) is 0.467. The van der Waals surface area contributed by atoms with Gasteiger partial charge in [-0.15, -0.1) is 12.4 Å². The predicted molar refractivity (Wildman–Crippen MR) is 85.5 cm³/mol. The normalized spacial score (nSPS) is 15.1. The fourth-order valence-corrected chi connectivity index (χ4v) is 2.43. The highest BCUT2D eigenvalue weighted by Crippen LogP contribution is 2.19. The Kier molecular flexibility index (Phi) is 7.27. The molecule has 0 spiro atoms. The van der Waals surface area contributed by atoms with Crippen molar-refractivity contribution in [1.29, 1.82) is 0 Å². The van der Waals surface area contributed by atoms with Crippen LogP contribution in [0.1, 0.15) is 12.8 Å². The lowest BCUT2D eigenvalue weighted by molar-refractivity contribution is -0.133. The number of carbonyl (C=O) groups excluding carboxylic acids is 2. The topological polar surface area (TPSA) is 61.4 Å². The van der Waals surface area contributed by atoms with E-state index < -0.39 is 0 Å². The van der Waals surface area contributed by atoms with Crippen molar-refractivity contribution < 1.29 is 14.0 Å². The number of amides is 2. The van der Waals surface area contributed by atoms with Crippen LogP contribution in [0, 0.1) is 11.7 Å². The third-order valence-electron chi connectivity index (χ3n) is 3.66. The molecule has 5 nitrogen and oxygen atoms in total. The molecule has 1 heterocycles. The van der Waals surface area contributed by atoms with Crippen LogP contribution in [0.3, 0.4) is 0 Å². The molecule has 2 amide bonds. The summed E-state index contributed by atoms with van der Waals surface area (Å²) in [7, 11) is 1.74. The molecule has 0 bridgehead atoms. The van der Waals surface area contributed by atoms with Crippen LogP contribution in [0.5, 0.6) is 0 Å². The van der Waals surface area contributed by atoms with E-state index in [9.17, 15) is 14.0 Å². The molecule has 0 saturated carbocycles. The average Bonchev–Trinajstić information content (AvgIpc) is 2.50. The van der Waals surface area contributed by atoms with Crippen LogP contribution >= 0.6 is 12.4 Å². The van der Waals surface area contributed by atoms with Crippen LogP contribution in [0.15, 0.2) is 24.3 Å². The van der Waals surface area contributed by atoms with Crippen molar-refractivity contribution in [3.63, 3.8) is 0 Å². The SMILES string of the molecule is CNCC(=O)N1CCC(C(=O)Nc2ccc(F)cc2)CC1.Cl. The van der Waals surface area contributed by atoms with Crippen LogP contribution in [-0.4, -0.2) is 43.4 Å². The van der Waals surface area contributed by atoms with Gasteiger partial charge in [0.1, 0.15) is 5.82 Å². The minimum atomic E-state index is -0.329. The van der Waals surface area contributed by atoms with Gasteiger partial charge in [0, 0.05) is 24.7 Å². The summed E-state index contributed by atoms with van der Waals surface area (Å²) >= 11 is 0. The first kappa shape index (κ1) is 18.4. The van der Waals surface area contributed by atoms with Gasteiger partial charge in [0.2, 0.25) is 11.8 Å². The number of hydrogen-bond acceptors (Lipinski definition) is 3. The first-order valence-electron chi connectivity index (χ1n) is 7.09. The van der Waals surface area contributed by atoms with Gasteiger partial charge in [-0.25, -0.2) is 4.39 Å². The Labute approximate surface area is 135 Å². The van der Waals surface area contributed by atoms with E-state index in [1.54, 1.807) is 24.1 Å². The molecule has 1 fully saturated rings. The molecule has 122 valence electrons. The molecule has 1 aliphatic heterocycles. The Balaban J connectivity index is 0.00000242. The van der Waals surface area contributed by atoms with E-state index in [0.29, 0.717) is 38.2 Å². The van der Waals surface area contributed by atoms with Crippen LogP contribution in [0.4, 0.5) is 10.1 Å². The second kappa shape index (κ2) is 8.70. The van der Waals surface area contributed by atoms with Crippen LogP contribution < -0.4 is 10.6 Å². The minimum absolute atomic E-state index is 0. The molecule has 7 heteroatoms. The lowest BCUT2D eigenvalue weighted by Crippen LogP contribution is -2.44. The Morgan fingerprint density at radius 1 is 1.23 bits per heavy atom. The van der Waals surface area contributed by atoms with E-state index in [1.807, 2.05) is 0 Å². The quantitative estimate of drug-likeness (QED) is 0.883. The molecule has 2 N–H and O–H groups in total. The lowest BCUT2D eigenvalue weighted by Gasteiger charge is -2.31. The van der Waals surface area contributed by atoms with Crippen molar-refractivity contribution in [2.45, 2.75) is 12.8 Å². The van der Waals surface area contributed by atoms with Crippen molar-refractivity contribution in [3.8, 4) is 0 Å². The monoisotopic (exact) mass is 329 g/mol. The molecule has 0 radical (unpaired) electrons. The Morgan fingerprint density at radius 3 is 2.36 bits per heavy atom. The molecule has 2 rings (SSSR count). The van der Waals surface area contributed by atoms with E-state index in [1.165, 1.54) is 12.1 Å². The standard InChI is InChI=1S/C15H20FN3O2.ClH/c1-17-10-14(20)19-8-6-11(7-9-19)15(21)18-13-4-2-12(16)3-5-13;/h2-5,11,17H,6-10H2,1H3,(H,18,21);1H. The summed E-state index contributed by atoms with van der Waals surface area (Å²) in [5.74, 6) is -0.435. The lowest BCUT2D eigenvalue weighted by atomic mass is 9.95. The Bertz CT molecular complexity index is 502. The average molecular weight is 330 g/mol. The molecular weight excluding hydrogens is 309 g/mol. The van der Waals surface area contributed by atoms with E-state index >= 15 is 0 Å². The fourth-order valence-electron chi connectivity index (χ4n) is 2.43. The van der Waals surface area contributed by atoms with Gasteiger partial charge in [-0.3, -0.25) is 9.59 Å². The maximum atomic E-state index is 12.8. The van der Waals surface area contributed by atoms with Crippen molar-refractivity contribution in [3.05, 3.63) is 30.1 Å². The molecule has 0 atom stereocenters. The number of anilines is 1.